The van der Waals surface area contributed by atoms with E-state index >= 15 is 0 Å². The van der Waals surface area contributed by atoms with Crippen LogP contribution in [-0.2, 0) is 9.59 Å². The van der Waals surface area contributed by atoms with Gasteiger partial charge in [-0.2, -0.15) is 0 Å². The van der Waals surface area contributed by atoms with Crippen LogP contribution in [0.25, 0.3) is 0 Å². The minimum absolute atomic E-state index is 0.0757. The van der Waals surface area contributed by atoms with E-state index in [0.717, 1.165) is 17.0 Å². The fraction of sp³-hybridized carbons (Fsp3) is 0.208. The second kappa shape index (κ2) is 10.4. The number of carbonyl (C=O) groups is 2. The molecule has 0 aliphatic rings. The van der Waals surface area contributed by atoms with Gasteiger partial charge in [-0.05, 0) is 75.0 Å². The third-order valence-electron chi connectivity index (χ3n) is 4.35. The molecule has 0 radical (unpaired) electrons. The lowest BCUT2D eigenvalue weighted by molar-refractivity contribution is -0.119. The quantitative estimate of drug-likeness (QED) is 0.578. The van der Waals surface area contributed by atoms with Crippen molar-refractivity contribution >= 4 is 23.3 Å². The van der Waals surface area contributed by atoms with Gasteiger partial charge in [0.25, 0.3) is 0 Å². The highest BCUT2D eigenvalue weighted by Crippen LogP contribution is 2.23. The Morgan fingerprint density at radius 3 is 2.23 bits per heavy atom. The Hall–Kier alpha value is -3.71. The minimum Gasteiger partial charge on any atom is -0.457 e. The van der Waals surface area contributed by atoms with Gasteiger partial charge in [0.1, 0.15) is 17.3 Å². The Labute approximate surface area is 182 Å². The smallest absolute Gasteiger partial charge is 0.239 e. The molecule has 1 heterocycles. The molecule has 0 bridgehead atoms. The maximum absolute atomic E-state index is 12.3. The van der Waals surface area contributed by atoms with Crippen molar-refractivity contribution in [3.05, 3.63) is 78.0 Å². The summed E-state index contributed by atoms with van der Waals surface area (Å²) < 4.78 is 5.81. The third-order valence-corrected chi connectivity index (χ3v) is 4.35. The van der Waals surface area contributed by atoms with Crippen molar-refractivity contribution in [2.75, 3.05) is 30.8 Å². The van der Waals surface area contributed by atoms with Gasteiger partial charge in [-0.1, -0.05) is 18.2 Å². The molecule has 2 aromatic carbocycles. The summed E-state index contributed by atoms with van der Waals surface area (Å²) in [4.78, 5) is 30.3. The molecule has 7 heteroatoms. The number of carbonyl (C=O) groups excluding carboxylic acids is 2. The maximum atomic E-state index is 12.3. The topological polar surface area (TPSA) is 83.6 Å². The normalized spacial score (nSPS) is 10.6. The second-order valence-electron chi connectivity index (χ2n) is 7.38. The Morgan fingerprint density at radius 1 is 0.871 bits per heavy atom. The Kier molecular flexibility index (Phi) is 7.35. The van der Waals surface area contributed by atoms with E-state index in [4.69, 9.17) is 4.74 Å². The molecule has 2 amide bonds. The van der Waals surface area contributed by atoms with Crippen LogP contribution in [0.1, 0.15) is 11.3 Å². The number of benzene rings is 2. The number of ether oxygens (including phenoxy) is 1. The summed E-state index contributed by atoms with van der Waals surface area (Å²) in [6.45, 7) is 4.02. The van der Waals surface area contributed by atoms with Crippen molar-refractivity contribution in [1.82, 2.24) is 9.88 Å². The van der Waals surface area contributed by atoms with Gasteiger partial charge in [0.15, 0.2) is 0 Å². The summed E-state index contributed by atoms with van der Waals surface area (Å²) in [5, 5.41) is 5.55. The molecule has 0 atom stereocenters. The van der Waals surface area contributed by atoms with Crippen LogP contribution in [0, 0.1) is 13.8 Å². The first kappa shape index (κ1) is 22.0. The molecule has 0 aliphatic heterocycles. The van der Waals surface area contributed by atoms with Gasteiger partial charge in [0.2, 0.25) is 11.8 Å². The van der Waals surface area contributed by atoms with Gasteiger partial charge in [0, 0.05) is 11.4 Å². The van der Waals surface area contributed by atoms with Gasteiger partial charge >= 0.3 is 0 Å². The minimum atomic E-state index is -0.231. The van der Waals surface area contributed by atoms with Crippen molar-refractivity contribution in [3.8, 4) is 11.5 Å². The molecule has 0 unspecified atom stereocenters. The number of hydrogen-bond donors (Lipinski definition) is 2. The standard InChI is InChI=1S/C24H26N4O3/c1-17-6-4-8-21(14-17)31-20-12-10-19(11-13-20)26-23(29)15-28(3)16-24(30)27-22-9-5-7-18(2)25-22/h4-14H,15-16H2,1-3H3,(H,26,29)(H,25,27,30). The number of hydrogen-bond acceptors (Lipinski definition) is 5. The maximum Gasteiger partial charge on any atom is 0.239 e. The number of pyridine rings is 1. The molecule has 0 spiro atoms. The van der Waals surface area contributed by atoms with E-state index in [1.807, 2.05) is 50.2 Å². The van der Waals surface area contributed by atoms with Crippen molar-refractivity contribution in [3.63, 3.8) is 0 Å². The number of nitrogens with zero attached hydrogens (tertiary/aromatic N) is 2. The van der Waals surface area contributed by atoms with Crippen molar-refractivity contribution in [2.24, 2.45) is 0 Å². The molecule has 3 aromatic rings. The fourth-order valence-electron chi connectivity index (χ4n) is 2.96. The predicted octanol–water partition coefficient (Wildman–Crippen LogP) is 4.00. The molecule has 0 saturated heterocycles. The van der Waals surface area contributed by atoms with Crippen LogP contribution in [0.3, 0.4) is 0 Å². The number of anilines is 2. The molecule has 0 fully saturated rings. The second-order valence-corrected chi connectivity index (χ2v) is 7.38. The average Bonchev–Trinajstić information content (AvgIpc) is 2.69. The van der Waals surface area contributed by atoms with E-state index in [-0.39, 0.29) is 24.9 Å². The Morgan fingerprint density at radius 2 is 1.55 bits per heavy atom. The predicted molar refractivity (Wildman–Crippen MR) is 121 cm³/mol. The van der Waals surface area contributed by atoms with Crippen LogP contribution >= 0.6 is 0 Å². The Bertz CT molecular complexity index is 1050. The number of nitrogens with one attached hydrogen (secondary N) is 2. The van der Waals surface area contributed by atoms with E-state index in [2.05, 4.69) is 15.6 Å². The largest absolute Gasteiger partial charge is 0.457 e. The molecule has 31 heavy (non-hydrogen) atoms. The summed E-state index contributed by atoms with van der Waals surface area (Å²) >= 11 is 0. The number of aryl methyl sites for hydroxylation is 2. The summed E-state index contributed by atoms with van der Waals surface area (Å²) in [6.07, 6.45) is 0. The molecular formula is C24H26N4O3. The monoisotopic (exact) mass is 418 g/mol. The molecule has 1 aromatic heterocycles. The van der Waals surface area contributed by atoms with Gasteiger partial charge in [-0.3, -0.25) is 14.5 Å². The first-order chi connectivity index (χ1) is 14.9. The van der Waals surface area contributed by atoms with Crippen LogP contribution in [-0.4, -0.2) is 41.8 Å². The van der Waals surface area contributed by atoms with Gasteiger partial charge < -0.3 is 15.4 Å². The lowest BCUT2D eigenvalue weighted by Crippen LogP contribution is -2.36. The molecular weight excluding hydrogens is 392 g/mol. The molecule has 7 nitrogen and oxygen atoms in total. The highest BCUT2D eigenvalue weighted by atomic mass is 16.5. The molecule has 160 valence electrons. The van der Waals surface area contributed by atoms with Crippen LogP contribution < -0.4 is 15.4 Å². The molecule has 0 aliphatic carbocycles. The third kappa shape index (κ3) is 7.24. The molecule has 2 N–H and O–H groups in total. The van der Waals surface area contributed by atoms with E-state index in [9.17, 15) is 9.59 Å². The average molecular weight is 418 g/mol. The van der Waals surface area contributed by atoms with Crippen LogP contribution in [0.15, 0.2) is 66.7 Å². The fourth-order valence-corrected chi connectivity index (χ4v) is 2.96. The summed E-state index contributed by atoms with van der Waals surface area (Å²) in [6, 6.07) is 20.3. The summed E-state index contributed by atoms with van der Waals surface area (Å²) in [5.41, 5.74) is 2.60. The summed E-state index contributed by atoms with van der Waals surface area (Å²) in [7, 11) is 1.71. The summed E-state index contributed by atoms with van der Waals surface area (Å²) in [5.74, 6) is 1.50. The number of rotatable bonds is 8. The van der Waals surface area contributed by atoms with Crippen molar-refractivity contribution in [2.45, 2.75) is 13.8 Å². The van der Waals surface area contributed by atoms with Gasteiger partial charge in [0.05, 0.1) is 13.1 Å². The van der Waals surface area contributed by atoms with Gasteiger partial charge in [-0.25, -0.2) is 4.98 Å². The number of likely N-dealkylation sites (N-methyl/N-ethyl adjacent to an activating group) is 1. The van der Waals surface area contributed by atoms with Crippen molar-refractivity contribution in [1.29, 1.82) is 0 Å². The zero-order chi connectivity index (χ0) is 22.2. The van der Waals surface area contributed by atoms with E-state index in [1.54, 1.807) is 42.3 Å². The zero-order valence-electron chi connectivity index (χ0n) is 17.9. The highest BCUT2D eigenvalue weighted by Gasteiger charge is 2.12. The SMILES string of the molecule is Cc1cccc(Oc2ccc(NC(=O)CN(C)CC(=O)Nc3cccc(C)n3)cc2)c1. The van der Waals surface area contributed by atoms with E-state index < -0.39 is 0 Å². The van der Waals surface area contributed by atoms with Crippen molar-refractivity contribution < 1.29 is 14.3 Å². The first-order valence-corrected chi connectivity index (χ1v) is 9.94. The van der Waals surface area contributed by atoms with E-state index in [1.165, 1.54) is 0 Å². The van der Waals surface area contributed by atoms with Gasteiger partial charge in [-0.15, -0.1) is 0 Å². The first-order valence-electron chi connectivity index (χ1n) is 9.94. The van der Waals surface area contributed by atoms with E-state index in [0.29, 0.717) is 17.3 Å². The van der Waals surface area contributed by atoms with Crippen LogP contribution in [0.2, 0.25) is 0 Å². The number of aromatic nitrogens is 1. The van der Waals surface area contributed by atoms with Crippen LogP contribution in [0.4, 0.5) is 11.5 Å². The highest BCUT2D eigenvalue weighted by molar-refractivity contribution is 5.94. The lowest BCUT2D eigenvalue weighted by atomic mass is 10.2. The number of amides is 2. The lowest BCUT2D eigenvalue weighted by Gasteiger charge is -2.16. The van der Waals surface area contributed by atoms with Crippen LogP contribution in [0.5, 0.6) is 11.5 Å². The zero-order valence-corrected chi connectivity index (χ0v) is 17.9. The molecule has 0 saturated carbocycles. The molecule has 3 rings (SSSR count). The Balaban J connectivity index is 1.45.